The van der Waals surface area contributed by atoms with E-state index in [2.05, 4.69) is 9.97 Å². The van der Waals surface area contributed by atoms with E-state index in [-0.39, 0.29) is 6.01 Å². The third kappa shape index (κ3) is 2.76. The first kappa shape index (κ1) is 10.6. The largest absolute Gasteiger partial charge is 0.478 e. The molecule has 0 radical (unpaired) electrons. The molecule has 1 aromatic rings. The summed E-state index contributed by atoms with van der Waals surface area (Å²) in [6.07, 6.45) is 0. The number of rotatable bonds is 5. The van der Waals surface area contributed by atoms with Crippen LogP contribution in [0.25, 0.3) is 0 Å². The molecule has 1 heterocycles. The topological polar surface area (TPSA) is 53.5 Å². The minimum absolute atomic E-state index is 0.249. The fourth-order valence-electron chi connectivity index (χ4n) is 0.919. The molecule has 0 spiro atoms. The second-order valence-electron chi connectivity index (χ2n) is 2.40. The van der Waals surface area contributed by atoms with Crippen LogP contribution in [-0.4, -0.2) is 30.3 Å². The molecule has 0 saturated heterocycles. The molecule has 14 heavy (non-hydrogen) atoms. The summed E-state index contributed by atoms with van der Waals surface area (Å²) in [4.78, 5) is 7.98. The second-order valence-corrected chi connectivity index (χ2v) is 2.40. The van der Waals surface area contributed by atoms with Crippen LogP contribution in [0.15, 0.2) is 6.07 Å². The standard InChI is InChI=1S/C9H14N2O3/c1-4-13-7-6-8(14-5-2)11-9(10-7)12-3/h6H,4-5H2,1-3H3. The smallest absolute Gasteiger partial charge is 0.322 e. The zero-order chi connectivity index (χ0) is 10.4. The van der Waals surface area contributed by atoms with Crippen molar-refractivity contribution >= 4 is 0 Å². The summed E-state index contributed by atoms with van der Waals surface area (Å²) < 4.78 is 15.4. The average Bonchev–Trinajstić information content (AvgIpc) is 2.18. The second kappa shape index (κ2) is 5.26. The molecular formula is C9H14N2O3. The Bertz CT molecular complexity index is 267. The van der Waals surface area contributed by atoms with Crippen LogP contribution in [0.2, 0.25) is 0 Å². The highest BCUT2D eigenvalue weighted by Gasteiger charge is 2.05. The number of nitrogens with zero attached hydrogens (tertiary/aromatic N) is 2. The van der Waals surface area contributed by atoms with Crippen molar-refractivity contribution in [2.45, 2.75) is 13.8 Å². The summed E-state index contributed by atoms with van der Waals surface area (Å²) in [7, 11) is 1.50. The number of hydrogen-bond acceptors (Lipinski definition) is 5. The summed E-state index contributed by atoms with van der Waals surface area (Å²) >= 11 is 0. The molecule has 1 aromatic heterocycles. The van der Waals surface area contributed by atoms with Crippen molar-refractivity contribution in [1.29, 1.82) is 0 Å². The third-order valence-electron chi connectivity index (χ3n) is 1.43. The lowest BCUT2D eigenvalue weighted by Gasteiger charge is -2.07. The Morgan fingerprint density at radius 3 is 1.93 bits per heavy atom. The van der Waals surface area contributed by atoms with Crippen molar-refractivity contribution in [1.82, 2.24) is 9.97 Å². The van der Waals surface area contributed by atoms with E-state index in [4.69, 9.17) is 14.2 Å². The van der Waals surface area contributed by atoms with Crippen LogP contribution < -0.4 is 14.2 Å². The zero-order valence-corrected chi connectivity index (χ0v) is 8.61. The lowest BCUT2D eigenvalue weighted by atomic mass is 10.6. The monoisotopic (exact) mass is 198 g/mol. The molecule has 0 fully saturated rings. The molecule has 0 aromatic carbocycles. The molecule has 1 rings (SSSR count). The minimum Gasteiger partial charge on any atom is -0.478 e. The maximum atomic E-state index is 5.22. The van der Waals surface area contributed by atoms with E-state index in [9.17, 15) is 0 Å². The summed E-state index contributed by atoms with van der Waals surface area (Å²) in [5, 5.41) is 0. The van der Waals surface area contributed by atoms with Gasteiger partial charge in [0.25, 0.3) is 0 Å². The van der Waals surface area contributed by atoms with Crippen LogP contribution in [0.1, 0.15) is 13.8 Å². The van der Waals surface area contributed by atoms with E-state index in [0.717, 1.165) is 0 Å². The summed E-state index contributed by atoms with van der Waals surface area (Å²) in [5.74, 6) is 0.922. The van der Waals surface area contributed by atoms with Gasteiger partial charge in [0.05, 0.1) is 26.4 Å². The Hall–Kier alpha value is -1.52. The summed E-state index contributed by atoms with van der Waals surface area (Å²) in [5.41, 5.74) is 0. The highest BCUT2D eigenvalue weighted by atomic mass is 16.5. The lowest BCUT2D eigenvalue weighted by Crippen LogP contribution is -2.01. The number of ether oxygens (including phenoxy) is 3. The Morgan fingerprint density at radius 1 is 1.07 bits per heavy atom. The molecular weight excluding hydrogens is 184 g/mol. The van der Waals surface area contributed by atoms with E-state index in [1.807, 2.05) is 13.8 Å². The lowest BCUT2D eigenvalue weighted by molar-refractivity contribution is 0.287. The van der Waals surface area contributed by atoms with Crippen molar-refractivity contribution in [2.75, 3.05) is 20.3 Å². The Kier molecular flexibility index (Phi) is 3.97. The number of aromatic nitrogens is 2. The first-order valence-corrected chi connectivity index (χ1v) is 4.48. The quantitative estimate of drug-likeness (QED) is 0.713. The third-order valence-corrected chi connectivity index (χ3v) is 1.43. The molecule has 78 valence electrons. The Labute approximate surface area is 83.0 Å². The Balaban J connectivity index is 2.88. The SMILES string of the molecule is CCOc1cc(OCC)nc(OC)n1. The van der Waals surface area contributed by atoms with Crippen molar-refractivity contribution in [3.8, 4) is 17.8 Å². The van der Waals surface area contributed by atoms with Gasteiger partial charge in [-0.1, -0.05) is 0 Å². The molecule has 0 N–H and O–H groups in total. The maximum Gasteiger partial charge on any atom is 0.322 e. The van der Waals surface area contributed by atoms with Gasteiger partial charge in [0.2, 0.25) is 11.8 Å². The van der Waals surface area contributed by atoms with Gasteiger partial charge in [0, 0.05) is 0 Å². The van der Waals surface area contributed by atoms with Crippen LogP contribution in [0.4, 0.5) is 0 Å². The molecule has 0 aliphatic heterocycles. The predicted octanol–water partition coefficient (Wildman–Crippen LogP) is 1.28. The van der Waals surface area contributed by atoms with Gasteiger partial charge in [0.1, 0.15) is 0 Å². The van der Waals surface area contributed by atoms with Crippen molar-refractivity contribution in [3.05, 3.63) is 6.07 Å². The molecule has 0 unspecified atom stereocenters. The van der Waals surface area contributed by atoms with Gasteiger partial charge in [0.15, 0.2) is 0 Å². The average molecular weight is 198 g/mol. The molecule has 0 atom stereocenters. The van der Waals surface area contributed by atoms with Crippen molar-refractivity contribution in [3.63, 3.8) is 0 Å². The molecule has 0 saturated carbocycles. The fraction of sp³-hybridized carbons (Fsp3) is 0.556. The molecule has 0 bridgehead atoms. The number of methoxy groups -OCH3 is 1. The molecule has 5 heteroatoms. The van der Waals surface area contributed by atoms with Crippen LogP contribution in [-0.2, 0) is 0 Å². The minimum atomic E-state index is 0.249. The van der Waals surface area contributed by atoms with Gasteiger partial charge in [-0.25, -0.2) is 0 Å². The van der Waals surface area contributed by atoms with E-state index >= 15 is 0 Å². The van der Waals surface area contributed by atoms with Gasteiger partial charge in [-0.2, -0.15) is 9.97 Å². The zero-order valence-electron chi connectivity index (χ0n) is 8.61. The predicted molar refractivity (Wildman–Crippen MR) is 50.9 cm³/mol. The normalized spacial score (nSPS) is 9.64. The van der Waals surface area contributed by atoms with E-state index < -0.39 is 0 Å². The van der Waals surface area contributed by atoms with Crippen molar-refractivity contribution in [2.24, 2.45) is 0 Å². The number of hydrogen-bond donors (Lipinski definition) is 0. The van der Waals surface area contributed by atoms with Gasteiger partial charge < -0.3 is 14.2 Å². The van der Waals surface area contributed by atoms with Crippen LogP contribution in [0, 0.1) is 0 Å². The summed E-state index contributed by atoms with van der Waals surface area (Å²) in [6.45, 7) is 4.86. The van der Waals surface area contributed by atoms with E-state index in [1.165, 1.54) is 7.11 Å². The van der Waals surface area contributed by atoms with Crippen LogP contribution in [0.5, 0.6) is 17.8 Å². The van der Waals surface area contributed by atoms with E-state index in [0.29, 0.717) is 25.0 Å². The summed E-state index contributed by atoms with van der Waals surface area (Å²) in [6, 6.07) is 1.88. The first-order chi connectivity index (χ1) is 6.80. The maximum absolute atomic E-state index is 5.22. The first-order valence-electron chi connectivity index (χ1n) is 4.48. The molecule has 0 amide bonds. The highest BCUT2D eigenvalue weighted by Crippen LogP contribution is 2.18. The van der Waals surface area contributed by atoms with Gasteiger partial charge in [-0.3, -0.25) is 0 Å². The molecule has 5 nitrogen and oxygen atoms in total. The van der Waals surface area contributed by atoms with Crippen LogP contribution >= 0.6 is 0 Å². The van der Waals surface area contributed by atoms with Crippen molar-refractivity contribution < 1.29 is 14.2 Å². The fourth-order valence-corrected chi connectivity index (χ4v) is 0.919. The Morgan fingerprint density at radius 2 is 1.57 bits per heavy atom. The highest BCUT2D eigenvalue weighted by molar-refractivity contribution is 5.22. The van der Waals surface area contributed by atoms with E-state index in [1.54, 1.807) is 6.07 Å². The molecule has 0 aliphatic carbocycles. The van der Waals surface area contributed by atoms with Gasteiger partial charge in [-0.15, -0.1) is 0 Å². The van der Waals surface area contributed by atoms with Gasteiger partial charge in [-0.05, 0) is 13.8 Å². The van der Waals surface area contributed by atoms with Gasteiger partial charge >= 0.3 is 6.01 Å². The van der Waals surface area contributed by atoms with Crippen LogP contribution in [0.3, 0.4) is 0 Å². The molecule has 0 aliphatic rings.